The van der Waals surface area contributed by atoms with Gasteiger partial charge in [-0.25, -0.2) is 38.7 Å². The maximum absolute atomic E-state index is 15.6. The lowest BCUT2D eigenvalue weighted by molar-refractivity contribution is -0.0468. The average molecular weight is 615 g/mol. The van der Waals surface area contributed by atoms with Crippen molar-refractivity contribution in [2.75, 3.05) is 24.7 Å². The average Bonchev–Trinajstić information content (AvgIpc) is 3.71. The van der Waals surface area contributed by atoms with Crippen LogP contribution in [0, 0.1) is 0 Å². The standard InChI is InChI=1S/C20H23F2N10O7P2/c21-9-13(33)7(37-19(9)31-5-29-11-15(23)25-3-27-17(11)31)2-36-41(34)39-14-8(1-35-40)38-20(10(14)22)32-6-30-12-16(24)26-4-28-18(12)32/h3-10,13-14,19-20,33H,1-2,40H2,(H2,23,25,27)(H2,24,26,28)/q+1/t7-,8-,9-,10-,13-,14-,19-,20-/m1/s1. The van der Waals surface area contributed by atoms with Gasteiger partial charge in [0.2, 0.25) is 0 Å². The van der Waals surface area contributed by atoms with Gasteiger partial charge in [0.25, 0.3) is 0 Å². The Hall–Kier alpha value is -3.15. The number of aromatic nitrogens is 8. The minimum absolute atomic E-state index is 0.0880. The SMILES string of the molecule is Nc1ncnc2c1ncn2[C@@H]1O[C@H](CO[P+](=O)O[C@H]2[C@@H](F)[C@H](n3cnc4c(N)ncnc43)O[C@@H]2COP)[C@@H](O)[C@H]1F. The minimum Gasteiger partial charge on any atom is -0.387 e. The molecule has 17 nitrogen and oxygen atoms in total. The molecule has 21 heteroatoms. The number of aliphatic hydroxyl groups excluding tert-OH is 1. The first-order valence-corrected chi connectivity index (χ1v) is 13.6. The summed E-state index contributed by atoms with van der Waals surface area (Å²) in [6, 6.07) is 0. The van der Waals surface area contributed by atoms with Crippen LogP contribution in [0.1, 0.15) is 12.5 Å². The Balaban J connectivity index is 1.12. The van der Waals surface area contributed by atoms with Crippen molar-refractivity contribution in [1.29, 1.82) is 0 Å². The van der Waals surface area contributed by atoms with Gasteiger partial charge in [-0.05, 0) is 0 Å². The van der Waals surface area contributed by atoms with E-state index in [0.717, 1.165) is 0 Å². The number of nitrogens with zero attached hydrogens (tertiary/aromatic N) is 8. The first-order chi connectivity index (χ1) is 19.8. The van der Waals surface area contributed by atoms with Crippen molar-refractivity contribution in [3.05, 3.63) is 25.3 Å². The van der Waals surface area contributed by atoms with Gasteiger partial charge in [-0.3, -0.25) is 9.13 Å². The van der Waals surface area contributed by atoms with Gasteiger partial charge in [0.15, 0.2) is 53.8 Å². The third-order valence-electron chi connectivity index (χ3n) is 6.70. The molecule has 5 N–H and O–H groups in total. The molecule has 0 bridgehead atoms. The number of nitrogens with two attached hydrogens (primary N) is 2. The molecule has 0 amide bonds. The monoisotopic (exact) mass is 615 g/mol. The molecule has 6 heterocycles. The normalized spacial score (nSPS) is 30.5. The number of anilines is 2. The molecule has 4 aromatic heterocycles. The summed E-state index contributed by atoms with van der Waals surface area (Å²) in [5.41, 5.74) is 12.5. The smallest absolute Gasteiger partial charge is 0.387 e. The molecule has 2 saturated heterocycles. The Kier molecular flexibility index (Phi) is 7.69. The van der Waals surface area contributed by atoms with Crippen molar-refractivity contribution in [3.8, 4) is 0 Å². The maximum atomic E-state index is 15.6. The van der Waals surface area contributed by atoms with Gasteiger partial charge in [0, 0.05) is 14.0 Å². The molecule has 41 heavy (non-hydrogen) atoms. The second-order valence-electron chi connectivity index (χ2n) is 9.10. The van der Waals surface area contributed by atoms with E-state index in [2.05, 4.69) is 29.9 Å². The highest BCUT2D eigenvalue weighted by Gasteiger charge is 2.53. The van der Waals surface area contributed by atoms with E-state index in [-0.39, 0.29) is 40.6 Å². The van der Waals surface area contributed by atoms with Crippen LogP contribution in [0.4, 0.5) is 20.4 Å². The fourth-order valence-corrected chi connectivity index (χ4v) is 5.68. The second kappa shape index (κ2) is 11.3. The summed E-state index contributed by atoms with van der Waals surface area (Å²) in [5, 5.41) is 10.4. The number of halogens is 2. The van der Waals surface area contributed by atoms with Crippen molar-refractivity contribution >= 4 is 51.7 Å². The molecule has 0 radical (unpaired) electrons. The Bertz CT molecular complexity index is 1580. The van der Waals surface area contributed by atoms with Crippen LogP contribution in [0.3, 0.4) is 0 Å². The Morgan fingerprint density at radius 3 is 2.05 bits per heavy atom. The Labute approximate surface area is 231 Å². The summed E-state index contributed by atoms with van der Waals surface area (Å²) in [5.74, 6) is 0.189. The summed E-state index contributed by atoms with van der Waals surface area (Å²) in [4.78, 5) is 24.0. The molecule has 0 spiro atoms. The number of aliphatic hydroxyl groups is 1. The van der Waals surface area contributed by atoms with Crippen molar-refractivity contribution in [3.63, 3.8) is 0 Å². The zero-order chi connectivity index (χ0) is 28.8. The fraction of sp³-hybridized carbons (Fsp3) is 0.500. The van der Waals surface area contributed by atoms with Crippen LogP contribution in [-0.2, 0) is 27.6 Å². The third-order valence-corrected chi connectivity index (χ3v) is 7.66. The third kappa shape index (κ3) is 4.97. The molecule has 10 atom stereocenters. The van der Waals surface area contributed by atoms with E-state index in [1.165, 1.54) is 34.4 Å². The van der Waals surface area contributed by atoms with Crippen molar-refractivity contribution in [2.24, 2.45) is 0 Å². The molecule has 6 rings (SSSR count). The van der Waals surface area contributed by atoms with Crippen LogP contribution in [0.25, 0.3) is 22.3 Å². The number of fused-ring (bicyclic) bond motifs is 2. The molecule has 2 fully saturated rings. The first kappa shape index (κ1) is 28.0. The first-order valence-electron chi connectivity index (χ1n) is 12.0. The quantitative estimate of drug-likeness (QED) is 0.218. The van der Waals surface area contributed by atoms with Crippen molar-refractivity contribution in [2.45, 2.75) is 49.2 Å². The Morgan fingerprint density at radius 1 is 0.902 bits per heavy atom. The number of imidazole rings is 2. The fourth-order valence-electron chi connectivity index (χ4n) is 4.71. The van der Waals surface area contributed by atoms with Gasteiger partial charge in [-0.2, -0.15) is 0 Å². The number of hydrogen-bond acceptors (Lipinski definition) is 15. The highest BCUT2D eigenvalue weighted by molar-refractivity contribution is 7.33. The minimum atomic E-state index is -2.99. The largest absolute Gasteiger partial charge is 0.697 e. The van der Waals surface area contributed by atoms with Crippen LogP contribution < -0.4 is 11.5 Å². The zero-order valence-electron chi connectivity index (χ0n) is 20.8. The zero-order valence-corrected chi connectivity index (χ0v) is 22.8. The number of alkyl halides is 2. The summed E-state index contributed by atoms with van der Waals surface area (Å²) in [7, 11) is -0.975. The number of rotatable bonds is 9. The van der Waals surface area contributed by atoms with Gasteiger partial charge in [-0.15, -0.1) is 9.05 Å². The predicted molar refractivity (Wildman–Crippen MR) is 137 cm³/mol. The lowest BCUT2D eigenvalue weighted by Gasteiger charge is -2.15. The summed E-state index contributed by atoms with van der Waals surface area (Å²) in [6.07, 6.45) is -6.79. The van der Waals surface area contributed by atoms with Crippen LogP contribution in [0.5, 0.6) is 0 Å². The van der Waals surface area contributed by atoms with E-state index < -0.39 is 64.1 Å². The lowest BCUT2D eigenvalue weighted by atomic mass is 10.1. The van der Waals surface area contributed by atoms with E-state index in [9.17, 15) is 9.67 Å². The highest BCUT2D eigenvalue weighted by atomic mass is 31.1. The number of hydrogen-bond donors (Lipinski definition) is 3. The predicted octanol–water partition coefficient (Wildman–Crippen LogP) is 0.528. The number of ether oxygens (including phenoxy) is 2. The molecular weight excluding hydrogens is 592 g/mol. The highest BCUT2D eigenvalue weighted by Crippen LogP contribution is 2.42. The Morgan fingerprint density at radius 2 is 1.46 bits per heavy atom. The lowest BCUT2D eigenvalue weighted by Crippen LogP contribution is -2.33. The molecule has 2 aliphatic rings. The molecule has 0 aliphatic carbocycles. The van der Waals surface area contributed by atoms with E-state index in [1.807, 2.05) is 9.47 Å². The van der Waals surface area contributed by atoms with Gasteiger partial charge in [0.05, 0.1) is 19.3 Å². The van der Waals surface area contributed by atoms with Crippen molar-refractivity contribution < 1.29 is 41.5 Å². The summed E-state index contributed by atoms with van der Waals surface area (Å²) in [6.45, 7) is -0.681. The van der Waals surface area contributed by atoms with Crippen molar-refractivity contribution in [1.82, 2.24) is 39.0 Å². The maximum Gasteiger partial charge on any atom is 0.697 e. The summed E-state index contributed by atoms with van der Waals surface area (Å²) < 4.78 is 73.0. The molecule has 2 aliphatic heterocycles. The summed E-state index contributed by atoms with van der Waals surface area (Å²) >= 11 is 0. The topological polar surface area (TPSA) is 223 Å². The van der Waals surface area contributed by atoms with Gasteiger partial charge in [0.1, 0.15) is 48.6 Å². The van der Waals surface area contributed by atoms with E-state index >= 15 is 8.78 Å². The number of nitrogen functional groups attached to an aromatic ring is 2. The van der Waals surface area contributed by atoms with Crippen LogP contribution in [0.15, 0.2) is 25.3 Å². The van der Waals surface area contributed by atoms with Gasteiger partial charge >= 0.3 is 8.25 Å². The van der Waals surface area contributed by atoms with E-state index in [4.69, 9.17) is 34.5 Å². The molecule has 0 aromatic carbocycles. The molecule has 4 aromatic rings. The molecular formula is C20H23F2N10O7P2+. The molecule has 2 unspecified atom stereocenters. The second-order valence-corrected chi connectivity index (χ2v) is 10.3. The van der Waals surface area contributed by atoms with E-state index in [0.29, 0.717) is 0 Å². The van der Waals surface area contributed by atoms with Gasteiger partial charge < -0.3 is 30.6 Å². The van der Waals surface area contributed by atoms with Crippen LogP contribution >= 0.6 is 17.7 Å². The molecule has 218 valence electrons. The van der Waals surface area contributed by atoms with Crippen LogP contribution in [0.2, 0.25) is 0 Å². The van der Waals surface area contributed by atoms with E-state index in [1.54, 1.807) is 0 Å². The van der Waals surface area contributed by atoms with Crippen LogP contribution in [-0.4, -0.2) is 94.1 Å². The molecule has 0 saturated carbocycles. The van der Waals surface area contributed by atoms with Gasteiger partial charge in [-0.1, -0.05) is 0 Å².